The monoisotopic (exact) mass is 201 g/mol. The van der Waals surface area contributed by atoms with Crippen molar-refractivity contribution < 1.29 is 0 Å². The van der Waals surface area contributed by atoms with Crippen LogP contribution in [0.1, 0.15) is 44.1 Å². The van der Waals surface area contributed by atoms with Gasteiger partial charge in [0, 0.05) is 11.7 Å². The molecule has 1 aliphatic carbocycles. The molecule has 0 unspecified atom stereocenters. The molecule has 1 nitrogen and oxygen atoms in total. The molecule has 1 aromatic carbocycles. The molecule has 1 heteroatoms. The lowest BCUT2D eigenvalue weighted by atomic mass is 9.72. The lowest BCUT2D eigenvalue weighted by Gasteiger charge is -2.42. The van der Waals surface area contributed by atoms with Crippen LogP contribution in [0.2, 0.25) is 0 Å². The number of hydrogen-bond donors (Lipinski definition) is 1. The molecule has 3 rings (SSSR count). The minimum Gasteiger partial charge on any atom is -0.382 e. The minimum absolute atomic E-state index is 0.739. The first-order valence-electron chi connectivity index (χ1n) is 6.22. The number of benzene rings is 1. The summed E-state index contributed by atoms with van der Waals surface area (Å²) in [6, 6.07) is 9.57. The smallest absolute Gasteiger partial charge is 0.0377 e. The highest BCUT2D eigenvalue weighted by atomic mass is 14.9. The molecule has 80 valence electrons. The molecule has 1 heterocycles. The fourth-order valence-electron chi connectivity index (χ4n) is 3.39. The van der Waals surface area contributed by atoms with E-state index in [2.05, 4.69) is 36.5 Å². The van der Waals surface area contributed by atoms with Crippen LogP contribution >= 0.6 is 0 Å². The van der Waals surface area contributed by atoms with Gasteiger partial charge in [-0.05, 0) is 36.3 Å². The molecule has 0 saturated heterocycles. The van der Waals surface area contributed by atoms with Crippen molar-refractivity contribution in [3.8, 4) is 0 Å². The highest BCUT2D eigenvalue weighted by molar-refractivity contribution is 5.56. The highest BCUT2D eigenvalue weighted by Crippen LogP contribution is 2.43. The summed E-state index contributed by atoms with van der Waals surface area (Å²) in [6.45, 7) is 2.41. The van der Waals surface area contributed by atoms with Crippen molar-refractivity contribution in [1.82, 2.24) is 0 Å². The Morgan fingerprint density at radius 3 is 2.87 bits per heavy atom. The highest BCUT2D eigenvalue weighted by Gasteiger charge is 2.34. The van der Waals surface area contributed by atoms with Gasteiger partial charge < -0.3 is 5.32 Å². The Bertz CT molecular complexity index is 358. The van der Waals surface area contributed by atoms with Crippen LogP contribution in [-0.2, 0) is 0 Å². The Hall–Kier alpha value is -0.980. The molecule has 1 N–H and O–H groups in total. The van der Waals surface area contributed by atoms with Crippen molar-refractivity contribution in [3.05, 3.63) is 29.8 Å². The van der Waals surface area contributed by atoms with E-state index >= 15 is 0 Å². The lowest BCUT2D eigenvalue weighted by molar-refractivity contribution is 0.278. The fourth-order valence-corrected chi connectivity index (χ4v) is 3.39. The van der Waals surface area contributed by atoms with Crippen molar-refractivity contribution >= 4 is 5.69 Å². The van der Waals surface area contributed by atoms with E-state index in [1.807, 2.05) is 0 Å². The van der Waals surface area contributed by atoms with Gasteiger partial charge in [-0.3, -0.25) is 0 Å². The first kappa shape index (κ1) is 9.26. The number of anilines is 1. The summed E-state index contributed by atoms with van der Waals surface area (Å²) in [5.41, 5.74) is 2.91. The van der Waals surface area contributed by atoms with Gasteiger partial charge >= 0.3 is 0 Å². The van der Waals surface area contributed by atoms with Crippen LogP contribution in [0.5, 0.6) is 0 Å². The van der Waals surface area contributed by atoms with Gasteiger partial charge in [0.15, 0.2) is 0 Å². The van der Waals surface area contributed by atoms with E-state index in [0.29, 0.717) is 0 Å². The summed E-state index contributed by atoms with van der Waals surface area (Å²) >= 11 is 0. The van der Waals surface area contributed by atoms with E-state index in [0.717, 1.165) is 17.9 Å². The van der Waals surface area contributed by atoms with E-state index in [1.54, 1.807) is 0 Å². The molecule has 0 radical (unpaired) electrons. The molecule has 1 aliphatic heterocycles. The molecule has 1 fully saturated rings. The van der Waals surface area contributed by atoms with E-state index in [-0.39, 0.29) is 0 Å². The van der Waals surface area contributed by atoms with Gasteiger partial charge in [-0.1, -0.05) is 38.0 Å². The third kappa shape index (κ3) is 1.45. The van der Waals surface area contributed by atoms with Crippen molar-refractivity contribution in [2.24, 2.45) is 5.92 Å². The first-order chi connectivity index (χ1) is 7.36. The number of para-hydroxylation sites is 1. The third-order valence-corrected chi connectivity index (χ3v) is 4.25. The summed E-state index contributed by atoms with van der Waals surface area (Å²) in [5, 5.41) is 3.73. The minimum atomic E-state index is 0.739. The quantitative estimate of drug-likeness (QED) is 0.673. The Balaban J connectivity index is 1.98. The zero-order valence-corrected chi connectivity index (χ0v) is 9.37. The van der Waals surface area contributed by atoms with Gasteiger partial charge in [0.1, 0.15) is 0 Å². The molecule has 15 heavy (non-hydrogen) atoms. The number of hydrogen-bond acceptors (Lipinski definition) is 1. The zero-order chi connectivity index (χ0) is 10.3. The first-order valence-corrected chi connectivity index (χ1v) is 6.22. The number of nitrogens with one attached hydrogen (secondary N) is 1. The average Bonchev–Trinajstić information content (AvgIpc) is 2.30. The predicted octanol–water partition coefficient (Wildman–Crippen LogP) is 3.77. The van der Waals surface area contributed by atoms with Gasteiger partial charge in [-0.2, -0.15) is 0 Å². The molecular weight excluding hydrogens is 182 g/mol. The van der Waals surface area contributed by atoms with Crippen LogP contribution in [0.4, 0.5) is 5.69 Å². The van der Waals surface area contributed by atoms with Gasteiger partial charge in [0.2, 0.25) is 0 Å². The normalized spacial score (nSPS) is 33.8. The standard InChI is InChI=1S/C14H19N/c1-10-11-6-2-4-8-13(11)15-14-9-5-3-7-12(10)14/h2,4,6,8,10,12,14-15H,3,5,7,9H2,1H3/t10-,12+,14+/m1/s1. The lowest BCUT2D eigenvalue weighted by Crippen LogP contribution is -2.39. The Morgan fingerprint density at radius 2 is 1.93 bits per heavy atom. The van der Waals surface area contributed by atoms with Crippen LogP contribution in [0, 0.1) is 5.92 Å². The van der Waals surface area contributed by atoms with E-state index < -0.39 is 0 Å². The van der Waals surface area contributed by atoms with E-state index in [9.17, 15) is 0 Å². The largest absolute Gasteiger partial charge is 0.382 e. The predicted molar refractivity (Wildman–Crippen MR) is 64.2 cm³/mol. The summed E-state index contributed by atoms with van der Waals surface area (Å²) in [5.74, 6) is 1.61. The fraction of sp³-hybridized carbons (Fsp3) is 0.571. The second-order valence-corrected chi connectivity index (χ2v) is 5.08. The van der Waals surface area contributed by atoms with Gasteiger partial charge in [-0.25, -0.2) is 0 Å². The van der Waals surface area contributed by atoms with Crippen molar-refractivity contribution in [2.75, 3.05) is 5.32 Å². The van der Waals surface area contributed by atoms with Crippen LogP contribution in [0.25, 0.3) is 0 Å². The molecule has 2 aliphatic rings. The van der Waals surface area contributed by atoms with Gasteiger partial charge in [0.25, 0.3) is 0 Å². The second kappa shape index (κ2) is 3.55. The summed E-state index contributed by atoms with van der Waals surface area (Å²) in [7, 11) is 0. The van der Waals surface area contributed by atoms with Crippen molar-refractivity contribution in [1.29, 1.82) is 0 Å². The van der Waals surface area contributed by atoms with Crippen LogP contribution in [-0.4, -0.2) is 6.04 Å². The maximum Gasteiger partial charge on any atom is 0.0377 e. The number of fused-ring (bicyclic) bond motifs is 2. The molecule has 1 aromatic rings. The van der Waals surface area contributed by atoms with Gasteiger partial charge in [-0.15, -0.1) is 0 Å². The Labute approximate surface area is 91.9 Å². The Kier molecular flexibility index (Phi) is 2.19. The number of rotatable bonds is 0. The molecule has 0 bridgehead atoms. The average molecular weight is 201 g/mol. The summed E-state index contributed by atoms with van der Waals surface area (Å²) in [6.07, 6.45) is 5.61. The molecule has 1 saturated carbocycles. The molecule has 3 atom stereocenters. The maximum absolute atomic E-state index is 3.73. The SMILES string of the molecule is C[C@@H]1c2ccccc2N[C@H]2CCCC[C@H]21. The van der Waals surface area contributed by atoms with E-state index in [4.69, 9.17) is 0 Å². The molecular formula is C14H19N. The van der Waals surface area contributed by atoms with E-state index in [1.165, 1.54) is 36.9 Å². The molecule has 0 aromatic heterocycles. The zero-order valence-electron chi connectivity index (χ0n) is 9.37. The Morgan fingerprint density at radius 1 is 1.13 bits per heavy atom. The van der Waals surface area contributed by atoms with Crippen molar-refractivity contribution in [2.45, 2.75) is 44.6 Å². The third-order valence-electron chi connectivity index (χ3n) is 4.25. The van der Waals surface area contributed by atoms with Gasteiger partial charge in [0.05, 0.1) is 0 Å². The van der Waals surface area contributed by atoms with Crippen LogP contribution in [0.3, 0.4) is 0 Å². The summed E-state index contributed by atoms with van der Waals surface area (Å²) in [4.78, 5) is 0. The van der Waals surface area contributed by atoms with Crippen LogP contribution in [0.15, 0.2) is 24.3 Å². The molecule has 0 spiro atoms. The second-order valence-electron chi connectivity index (χ2n) is 5.08. The van der Waals surface area contributed by atoms with Crippen LogP contribution < -0.4 is 5.32 Å². The summed E-state index contributed by atoms with van der Waals surface area (Å²) < 4.78 is 0. The van der Waals surface area contributed by atoms with Crippen molar-refractivity contribution in [3.63, 3.8) is 0 Å². The maximum atomic E-state index is 3.73. The topological polar surface area (TPSA) is 12.0 Å². The molecule has 0 amide bonds.